The van der Waals surface area contributed by atoms with Gasteiger partial charge in [-0.1, -0.05) is 12.8 Å². The summed E-state index contributed by atoms with van der Waals surface area (Å²) in [7, 11) is 0. The molecule has 0 aliphatic heterocycles. The van der Waals surface area contributed by atoms with E-state index >= 15 is 0 Å². The molecule has 2 nitrogen and oxygen atoms in total. The first-order chi connectivity index (χ1) is 6.89. The van der Waals surface area contributed by atoms with Gasteiger partial charge in [0.25, 0.3) is 0 Å². The number of hydrogen-bond acceptors (Lipinski definition) is 3. The SMILES string of the molecule is c1csc(NC2CCCC23CCC3)n1. The van der Waals surface area contributed by atoms with Gasteiger partial charge in [0, 0.05) is 17.6 Å². The monoisotopic (exact) mass is 208 g/mol. The first kappa shape index (κ1) is 8.72. The Morgan fingerprint density at radius 3 is 2.86 bits per heavy atom. The van der Waals surface area contributed by atoms with Gasteiger partial charge < -0.3 is 5.32 Å². The number of anilines is 1. The summed E-state index contributed by atoms with van der Waals surface area (Å²) in [4.78, 5) is 4.31. The molecule has 1 aromatic heterocycles. The average Bonchev–Trinajstić information content (AvgIpc) is 2.71. The Morgan fingerprint density at radius 1 is 1.36 bits per heavy atom. The lowest BCUT2D eigenvalue weighted by Gasteiger charge is -2.43. The zero-order valence-electron chi connectivity index (χ0n) is 8.33. The van der Waals surface area contributed by atoms with Crippen LogP contribution >= 0.6 is 11.3 Å². The standard InChI is InChI=1S/C11H16N2S/c1-3-9(11(4-1)5-2-6-11)13-10-12-7-8-14-10/h7-9H,1-6H2,(H,12,13). The summed E-state index contributed by atoms with van der Waals surface area (Å²) in [6.45, 7) is 0. The second-order valence-corrected chi connectivity index (χ2v) is 5.54. The van der Waals surface area contributed by atoms with Crippen molar-refractivity contribution in [1.82, 2.24) is 4.98 Å². The molecule has 14 heavy (non-hydrogen) atoms. The van der Waals surface area contributed by atoms with Gasteiger partial charge in [-0.2, -0.15) is 0 Å². The fraction of sp³-hybridized carbons (Fsp3) is 0.727. The Morgan fingerprint density at radius 2 is 2.21 bits per heavy atom. The highest BCUT2D eigenvalue weighted by Gasteiger charge is 2.47. The second kappa shape index (κ2) is 3.23. The summed E-state index contributed by atoms with van der Waals surface area (Å²) in [6, 6.07) is 0.711. The van der Waals surface area contributed by atoms with Crippen molar-refractivity contribution in [2.75, 3.05) is 5.32 Å². The Bertz CT molecular complexity index is 303. The minimum atomic E-state index is 0.658. The number of nitrogens with one attached hydrogen (secondary N) is 1. The van der Waals surface area contributed by atoms with Crippen LogP contribution in [0, 0.1) is 5.41 Å². The van der Waals surface area contributed by atoms with E-state index in [9.17, 15) is 0 Å². The predicted molar refractivity (Wildman–Crippen MR) is 59.7 cm³/mol. The molecule has 1 N–H and O–H groups in total. The molecule has 0 radical (unpaired) electrons. The normalized spacial score (nSPS) is 29.0. The first-order valence-corrected chi connectivity index (χ1v) is 6.43. The Hall–Kier alpha value is -0.570. The van der Waals surface area contributed by atoms with Crippen LogP contribution in [0.4, 0.5) is 5.13 Å². The van der Waals surface area contributed by atoms with Gasteiger partial charge in [-0.15, -0.1) is 11.3 Å². The summed E-state index contributed by atoms with van der Waals surface area (Å²) in [5.41, 5.74) is 0.658. The molecule has 76 valence electrons. The van der Waals surface area contributed by atoms with Gasteiger partial charge in [-0.3, -0.25) is 0 Å². The topological polar surface area (TPSA) is 24.9 Å². The molecule has 1 heterocycles. The highest BCUT2D eigenvalue weighted by atomic mass is 32.1. The van der Waals surface area contributed by atoms with Gasteiger partial charge in [-0.05, 0) is 31.1 Å². The Kier molecular flexibility index (Phi) is 2.01. The summed E-state index contributed by atoms with van der Waals surface area (Å²) in [6.07, 6.45) is 10.4. The molecule has 2 aliphatic carbocycles. The van der Waals surface area contributed by atoms with E-state index in [-0.39, 0.29) is 0 Å². The van der Waals surface area contributed by atoms with Crippen molar-refractivity contribution in [3.05, 3.63) is 11.6 Å². The number of thiazole rings is 1. The number of aromatic nitrogens is 1. The molecule has 1 aromatic rings. The highest BCUT2D eigenvalue weighted by molar-refractivity contribution is 7.13. The zero-order chi connectivity index (χ0) is 9.43. The lowest BCUT2D eigenvalue weighted by Crippen LogP contribution is -2.41. The third-order valence-electron chi connectivity index (χ3n) is 3.99. The first-order valence-electron chi connectivity index (χ1n) is 5.55. The van der Waals surface area contributed by atoms with Gasteiger partial charge in [0.05, 0.1) is 0 Å². The van der Waals surface area contributed by atoms with Crippen LogP contribution in [0.5, 0.6) is 0 Å². The molecule has 0 saturated heterocycles. The van der Waals surface area contributed by atoms with E-state index in [1.165, 1.54) is 38.5 Å². The molecule has 0 aromatic carbocycles. The second-order valence-electron chi connectivity index (χ2n) is 4.64. The maximum atomic E-state index is 4.31. The molecule has 3 heteroatoms. The molecule has 2 fully saturated rings. The van der Waals surface area contributed by atoms with Crippen molar-refractivity contribution in [2.45, 2.75) is 44.6 Å². The zero-order valence-corrected chi connectivity index (χ0v) is 9.15. The highest BCUT2D eigenvalue weighted by Crippen LogP contribution is 2.53. The van der Waals surface area contributed by atoms with Gasteiger partial charge in [0.15, 0.2) is 5.13 Å². The van der Waals surface area contributed by atoms with E-state index in [1.54, 1.807) is 11.3 Å². The maximum Gasteiger partial charge on any atom is 0.182 e. The van der Waals surface area contributed by atoms with Crippen LogP contribution in [0.1, 0.15) is 38.5 Å². The molecule has 2 saturated carbocycles. The summed E-state index contributed by atoms with van der Waals surface area (Å²) < 4.78 is 0. The molecular formula is C11H16N2S. The molecule has 1 atom stereocenters. The minimum Gasteiger partial charge on any atom is -0.358 e. The average molecular weight is 208 g/mol. The Balaban J connectivity index is 1.72. The largest absolute Gasteiger partial charge is 0.358 e. The predicted octanol–water partition coefficient (Wildman–Crippen LogP) is 3.28. The molecule has 2 aliphatic rings. The van der Waals surface area contributed by atoms with Gasteiger partial charge in [-0.25, -0.2) is 4.98 Å². The van der Waals surface area contributed by atoms with Crippen LogP contribution in [0.2, 0.25) is 0 Å². The lowest BCUT2D eigenvalue weighted by molar-refractivity contribution is 0.129. The van der Waals surface area contributed by atoms with E-state index in [4.69, 9.17) is 0 Å². The maximum absolute atomic E-state index is 4.31. The molecule has 0 bridgehead atoms. The van der Waals surface area contributed by atoms with Gasteiger partial charge >= 0.3 is 0 Å². The quantitative estimate of drug-likeness (QED) is 0.806. The fourth-order valence-electron chi connectivity index (χ4n) is 3.04. The van der Waals surface area contributed by atoms with Crippen LogP contribution in [0.25, 0.3) is 0 Å². The summed E-state index contributed by atoms with van der Waals surface area (Å²) in [5, 5.41) is 6.78. The van der Waals surface area contributed by atoms with E-state index in [0.29, 0.717) is 11.5 Å². The summed E-state index contributed by atoms with van der Waals surface area (Å²) >= 11 is 1.72. The molecule has 3 rings (SSSR count). The lowest BCUT2D eigenvalue weighted by atomic mass is 9.65. The number of hydrogen-bond donors (Lipinski definition) is 1. The van der Waals surface area contributed by atoms with Crippen molar-refractivity contribution in [1.29, 1.82) is 0 Å². The third-order valence-corrected chi connectivity index (χ3v) is 4.69. The molecule has 1 unspecified atom stereocenters. The van der Waals surface area contributed by atoms with Crippen molar-refractivity contribution < 1.29 is 0 Å². The third kappa shape index (κ3) is 1.26. The number of rotatable bonds is 2. The van der Waals surface area contributed by atoms with Crippen LogP contribution in [0.3, 0.4) is 0 Å². The van der Waals surface area contributed by atoms with Crippen molar-refractivity contribution in [3.8, 4) is 0 Å². The smallest absolute Gasteiger partial charge is 0.182 e. The fourth-order valence-corrected chi connectivity index (χ4v) is 3.62. The molecule has 1 spiro atoms. The minimum absolute atomic E-state index is 0.658. The molecular weight excluding hydrogens is 192 g/mol. The van der Waals surface area contributed by atoms with Crippen LogP contribution in [0.15, 0.2) is 11.6 Å². The molecule has 0 amide bonds. The van der Waals surface area contributed by atoms with E-state index in [2.05, 4.69) is 10.3 Å². The Labute approximate surface area is 88.7 Å². The van der Waals surface area contributed by atoms with E-state index in [0.717, 1.165) is 5.13 Å². The van der Waals surface area contributed by atoms with Crippen LogP contribution < -0.4 is 5.32 Å². The van der Waals surface area contributed by atoms with Gasteiger partial charge in [0.1, 0.15) is 0 Å². The number of nitrogens with zero attached hydrogens (tertiary/aromatic N) is 1. The van der Waals surface area contributed by atoms with E-state index in [1.807, 2.05) is 11.6 Å². The van der Waals surface area contributed by atoms with Crippen LogP contribution in [-0.4, -0.2) is 11.0 Å². The van der Waals surface area contributed by atoms with Crippen LogP contribution in [-0.2, 0) is 0 Å². The van der Waals surface area contributed by atoms with Crippen molar-refractivity contribution in [3.63, 3.8) is 0 Å². The summed E-state index contributed by atoms with van der Waals surface area (Å²) in [5.74, 6) is 0. The van der Waals surface area contributed by atoms with Crippen molar-refractivity contribution >= 4 is 16.5 Å². The van der Waals surface area contributed by atoms with Gasteiger partial charge in [0.2, 0.25) is 0 Å². The van der Waals surface area contributed by atoms with Crippen molar-refractivity contribution in [2.24, 2.45) is 5.41 Å². The van der Waals surface area contributed by atoms with E-state index < -0.39 is 0 Å².